The molecule has 0 amide bonds. The van der Waals surface area contributed by atoms with Crippen LogP contribution in [0.15, 0.2) is 47.4 Å². The molecule has 1 aliphatic carbocycles. The molecule has 0 radical (unpaired) electrons. The summed E-state index contributed by atoms with van der Waals surface area (Å²) < 4.78 is 0. The van der Waals surface area contributed by atoms with E-state index in [2.05, 4.69) is 0 Å². The van der Waals surface area contributed by atoms with Crippen LogP contribution in [-0.2, 0) is 9.59 Å². The van der Waals surface area contributed by atoms with Gasteiger partial charge in [-0.2, -0.15) is 0 Å². The normalized spacial score (nSPS) is 21.0. The van der Waals surface area contributed by atoms with Crippen molar-refractivity contribution in [2.75, 3.05) is 50.7 Å². The minimum absolute atomic E-state index is 0.00546. The second-order valence-electron chi connectivity index (χ2n) is 6.55. The molecule has 0 spiro atoms. The molecule has 7 heteroatoms. The Morgan fingerprint density at radius 2 is 1.28 bits per heavy atom. The lowest BCUT2D eigenvalue weighted by atomic mass is 10.0. The first-order valence-electron chi connectivity index (χ1n) is 8.45. The zero-order chi connectivity index (χ0) is 17.6. The van der Waals surface area contributed by atoms with Crippen LogP contribution in [0.4, 0.5) is 11.4 Å². The topological polar surface area (TPSA) is 95.2 Å². The molecule has 0 bridgehead atoms. The number of carbonyl (C=O) groups excluding carboxylic acids is 2. The van der Waals surface area contributed by atoms with Gasteiger partial charge in [-0.1, -0.05) is 6.07 Å². The predicted molar refractivity (Wildman–Crippen MR) is 95.1 cm³/mol. The van der Waals surface area contributed by atoms with Crippen molar-refractivity contribution in [3.8, 4) is 0 Å². The summed E-state index contributed by atoms with van der Waals surface area (Å²) >= 11 is 0. The van der Waals surface area contributed by atoms with Crippen LogP contribution in [0.1, 0.15) is 0 Å². The number of Topliss-reactive ketones (excluding diaryl/α,β-unsaturated/α-hetero) is 1. The number of ketones is 2. The van der Waals surface area contributed by atoms with E-state index in [1.54, 1.807) is 18.2 Å². The lowest BCUT2D eigenvalue weighted by Gasteiger charge is -2.21. The molecule has 25 heavy (non-hydrogen) atoms. The van der Waals surface area contributed by atoms with Crippen LogP contribution in [0.2, 0.25) is 0 Å². The van der Waals surface area contributed by atoms with E-state index >= 15 is 0 Å². The lowest BCUT2D eigenvalue weighted by molar-refractivity contribution is -0.117. The minimum Gasteiger partial charge on any atom is -0.399 e. The molecule has 1 aromatic rings. The molecule has 7 nitrogen and oxygen atoms in total. The first kappa shape index (κ1) is 15.6. The second kappa shape index (κ2) is 5.84. The van der Waals surface area contributed by atoms with Crippen LogP contribution in [0.3, 0.4) is 0 Å². The molecule has 4 aliphatic rings. The lowest BCUT2D eigenvalue weighted by Crippen LogP contribution is -2.29. The maximum absolute atomic E-state index is 12.4. The number of carbonyl (C=O) groups is 2. The van der Waals surface area contributed by atoms with Gasteiger partial charge >= 0.3 is 0 Å². The van der Waals surface area contributed by atoms with Gasteiger partial charge in [0.05, 0.1) is 5.70 Å². The Balaban J connectivity index is 0.000000166. The Bertz CT molecular complexity index is 784. The van der Waals surface area contributed by atoms with E-state index in [-0.39, 0.29) is 11.6 Å². The Hall–Kier alpha value is -2.96. The van der Waals surface area contributed by atoms with Crippen LogP contribution in [0.25, 0.3) is 0 Å². The first-order chi connectivity index (χ1) is 12.0. The van der Waals surface area contributed by atoms with E-state index in [1.807, 2.05) is 20.8 Å². The number of rotatable bonds is 3. The van der Waals surface area contributed by atoms with Gasteiger partial charge in [0.1, 0.15) is 11.4 Å². The fraction of sp³-hybridized carbons (Fsp3) is 0.333. The van der Waals surface area contributed by atoms with Crippen LogP contribution in [-0.4, -0.2) is 65.5 Å². The van der Waals surface area contributed by atoms with Gasteiger partial charge in [0.25, 0.3) is 0 Å². The number of benzene rings is 1. The summed E-state index contributed by atoms with van der Waals surface area (Å²) in [6.45, 7) is 5.41. The Kier molecular flexibility index (Phi) is 3.63. The number of nitrogen functional groups attached to an aromatic ring is 2. The highest BCUT2D eigenvalue weighted by Crippen LogP contribution is 2.33. The molecule has 3 aliphatic heterocycles. The molecule has 0 aromatic heterocycles. The summed E-state index contributed by atoms with van der Waals surface area (Å²) in [5.74, 6) is 0.0485. The van der Waals surface area contributed by atoms with Crippen LogP contribution in [0.5, 0.6) is 0 Å². The zero-order valence-corrected chi connectivity index (χ0v) is 13.9. The van der Waals surface area contributed by atoms with Gasteiger partial charge in [-0.3, -0.25) is 9.59 Å². The summed E-state index contributed by atoms with van der Waals surface area (Å²) in [5, 5.41) is 0. The predicted octanol–water partition coefficient (Wildman–Crippen LogP) is 0.0315. The fourth-order valence-corrected chi connectivity index (χ4v) is 2.83. The number of anilines is 2. The van der Waals surface area contributed by atoms with E-state index in [0.29, 0.717) is 28.5 Å². The molecular formula is C18H21N5O2. The third-order valence-corrected chi connectivity index (χ3v) is 4.40. The van der Waals surface area contributed by atoms with Crippen molar-refractivity contribution < 1.29 is 9.59 Å². The molecule has 3 fully saturated rings. The SMILES string of the molecule is Nc1cccc(N)c1.O=C1C=C(N2CC2)C(=O)C(N2CC2)=C1N1CC1. The molecule has 1 aromatic carbocycles. The smallest absolute Gasteiger partial charge is 0.227 e. The molecule has 3 saturated heterocycles. The van der Waals surface area contributed by atoms with Crippen molar-refractivity contribution in [3.05, 3.63) is 47.4 Å². The Labute approximate surface area is 146 Å². The summed E-state index contributed by atoms with van der Waals surface area (Å²) in [5.41, 5.74) is 14.1. The van der Waals surface area contributed by atoms with Crippen molar-refractivity contribution in [1.29, 1.82) is 0 Å². The van der Waals surface area contributed by atoms with E-state index < -0.39 is 0 Å². The molecule has 4 N–H and O–H groups in total. The average molecular weight is 339 g/mol. The summed E-state index contributed by atoms with van der Waals surface area (Å²) in [6, 6.07) is 7.15. The van der Waals surface area contributed by atoms with E-state index in [1.165, 1.54) is 6.08 Å². The molecular weight excluding hydrogens is 318 g/mol. The second-order valence-corrected chi connectivity index (χ2v) is 6.55. The van der Waals surface area contributed by atoms with Crippen molar-refractivity contribution in [1.82, 2.24) is 14.7 Å². The van der Waals surface area contributed by atoms with Gasteiger partial charge < -0.3 is 26.2 Å². The van der Waals surface area contributed by atoms with Crippen molar-refractivity contribution in [3.63, 3.8) is 0 Å². The largest absolute Gasteiger partial charge is 0.399 e. The highest BCUT2D eigenvalue weighted by atomic mass is 16.1. The molecule has 130 valence electrons. The number of hydrogen-bond donors (Lipinski definition) is 2. The van der Waals surface area contributed by atoms with Gasteiger partial charge in [0, 0.05) is 56.7 Å². The Morgan fingerprint density at radius 3 is 1.72 bits per heavy atom. The number of nitrogens with two attached hydrogens (primary N) is 2. The van der Waals surface area contributed by atoms with Gasteiger partial charge in [0.2, 0.25) is 11.6 Å². The minimum atomic E-state index is 0.00546. The first-order valence-corrected chi connectivity index (χ1v) is 8.45. The Morgan fingerprint density at radius 1 is 0.760 bits per heavy atom. The number of nitrogens with zero attached hydrogens (tertiary/aromatic N) is 3. The molecule has 0 atom stereocenters. The fourth-order valence-electron chi connectivity index (χ4n) is 2.83. The van der Waals surface area contributed by atoms with Gasteiger partial charge in [-0.25, -0.2) is 0 Å². The average Bonchev–Trinajstić information content (AvgIpc) is 3.43. The van der Waals surface area contributed by atoms with Crippen LogP contribution in [0, 0.1) is 0 Å². The van der Waals surface area contributed by atoms with E-state index in [9.17, 15) is 9.59 Å². The monoisotopic (exact) mass is 339 g/mol. The molecule has 0 unspecified atom stereocenters. The standard InChI is InChI=1S/C12H13N3O2.C6H8N2/c16-9-7-8(13-1-2-13)12(17)11(15-5-6-15)10(9)14-3-4-14;7-5-2-1-3-6(8)4-5/h7H,1-6H2;1-4H,7-8H2. The summed E-state index contributed by atoms with van der Waals surface area (Å²) in [4.78, 5) is 30.5. The maximum Gasteiger partial charge on any atom is 0.227 e. The maximum atomic E-state index is 12.4. The molecule has 0 saturated carbocycles. The highest BCUT2D eigenvalue weighted by molar-refractivity contribution is 6.22. The number of allylic oxidation sites excluding steroid dienone is 1. The third kappa shape index (κ3) is 3.31. The van der Waals surface area contributed by atoms with Crippen molar-refractivity contribution in [2.45, 2.75) is 0 Å². The van der Waals surface area contributed by atoms with E-state index in [0.717, 1.165) is 39.3 Å². The van der Waals surface area contributed by atoms with Crippen LogP contribution >= 0.6 is 0 Å². The van der Waals surface area contributed by atoms with E-state index in [4.69, 9.17) is 11.5 Å². The quantitative estimate of drug-likeness (QED) is 0.456. The highest BCUT2D eigenvalue weighted by Gasteiger charge is 2.43. The summed E-state index contributed by atoms with van der Waals surface area (Å²) in [6.07, 6.45) is 1.52. The van der Waals surface area contributed by atoms with Gasteiger partial charge in [-0.15, -0.1) is 0 Å². The summed E-state index contributed by atoms with van der Waals surface area (Å²) in [7, 11) is 0. The van der Waals surface area contributed by atoms with Crippen LogP contribution < -0.4 is 11.5 Å². The van der Waals surface area contributed by atoms with Crippen molar-refractivity contribution >= 4 is 22.9 Å². The molecule has 3 heterocycles. The molecule has 5 rings (SSSR count). The van der Waals surface area contributed by atoms with Crippen molar-refractivity contribution in [2.24, 2.45) is 0 Å². The van der Waals surface area contributed by atoms with Gasteiger partial charge in [-0.05, 0) is 18.2 Å². The number of hydrogen-bond acceptors (Lipinski definition) is 7. The van der Waals surface area contributed by atoms with Gasteiger partial charge in [0.15, 0.2) is 0 Å². The third-order valence-electron chi connectivity index (χ3n) is 4.40. The zero-order valence-electron chi connectivity index (χ0n) is 13.9.